The number of benzene rings is 1. The van der Waals surface area contributed by atoms with Gasteiger partial charge in [0.15, 0.2) is 0 Å². The van der Waals surface area contributed by atoms with E-state index in [9.17, 15) is 4.79 Å². The third-order valence-electron chi connectivity index (χ3n) is 2.52. The second-order valence-corrected chi connectivity index (χ2v) is 3.84. The van der Waals surface area contributed by atoms with Crippen molar-refractivity contribution in [1.82, 2.24) is 10.5 Å². The summed E-state index contributed by atoms with van der Waals surface area (Å²) in [6, 6.07) is 9.49. The summed E-state index contributed by atoms with van der Waals surface area (Å²) >= 11 is 0. The van der Waals surface area contributed by atoms with Crippen molar-refractivity contribution >= 4 is 16.8 Å². The Balaban J connectivity index is 1.90. The zero-order valence-electron chi connectivity index (χ0n) is 9.80. The predicted molar refractivity (Wildman–Crippen MR) is 66.4 cm³/mol. The fourth-order valence-corrected chi connectivity index (χ4v) is 1.62. The highest BCUT2D eigenvalue weighted by molar-refractivity contribution is 5.79. The Hall–Kier alpha value is -2.14. The van der Waals surface area contributed by atoms with Crippen LogP contribution in [-0.2, 0) is 4.79 Å². The van der Waals surface area contributed by atoms with Gasteiger partial charge in [0.05, 0.1) is 12.1 Å². The maximum atomic E-state index is 10.8. The molecule has 1 aromatic carbocycles. The molecule has 1 heterocycles. The number of carbonyl (C=O) groups excluding carboxylic acids is 1. The van der Waals surface area contributed by atoms with Gasteiger partial charge in [-0.3, -0.25) is 15.0 Å². The first-order chi connectivity index (χ1) is 8.79. The van der Waals surface area contributed by atoms with E-state index in [0.717, 1.165) is 16.7 Å². The average Bonchev–Trinajstić information content (AvgIpc) is 2.43. The summed E-state index contributed by atoms with van der Waals surface area (Å²) in [5.74, 6) is 0.348. The molecule has 2 N–H and O–H groups in total. The SMILES string of the molecule is O=C(CCCOc1ccc2ncccc2c1)NO. The minimum absolute atomic E-state index is 0.242. The summed E-state index contributed by atoms with van der Waals surface area (Å²) in [7, 11) is 0. The van der Waals surface area contributed by atoms with Crippen molar-refractivity contribution in [3.05, 3.63) is 36.5 Å². The Bertz CT molecular complexity index is 543. The fourth-order valence-electron chi connectivity index (χ4n) is 1.62. The van der Waals surface area contributed by atoms with Crippen LogP contribution in [0.4, 0.5) is 0 Å². The molecule has 0 radical (unpaired) electrons. The van der Waals surface area contributed by atoms with E-state index < -0.39 is 5.91 Å². The summed E-state index contributed by atoms with van der Waals surface area (Å²) in [4.78, 5) is 15.0. The van der Waals surface area contributed by atoms with E-state index in [-0.39, 0.29) is 6.42 Å². The van der Waals surface area contributed by atoms with Gasteiger partial charge in [-0.05, 0) is 30.7 Å². The van der Waals surface area contributed by atoms with Crippen LogP contribution in [0.2, 0.25) is 0 Å². The number of hydroxylamine groups is 1. The lowest BCUT2D eigenvalue weighted by Gasteiger charge is -2.06. The molecular weight excluding hydrogens is 232 g/mol. The number of rotatable bonds is 5. The maximum absolute atomic E-state index is 10.8. The van der Waals surface area contributed by atoms with Crippen LogP contribution in [0.15, 0.2) is 36.5 Å². The van der Waals surface area contributed by atoms with Gasteiger partial charge in [-0.15, -0.1) is 0 Å². The summed E-state index contributed by atoms with van der Waals surface area (Å²) in [6.45, 7) is 0.430. The Labute approximate surface area is 104 Å². The number of fused-ring (bicyclic) bond motifs is 1. The third-order valence-corrected chi connectivity index (χ3v) is 2.52. The number of nitrogens with zero attached hydrogens (tertiary/aromatic N) is 1. The molecule has 0 aliphatic heterocycles. The Kier molecular flexibility index (Phi) is 4.09. The maximum Gasteiger partial charge on any atom is 0.243 e. The quantitative estimate of drug-likeness (QED) is 0.480. The minimum Gasteiger partial charge on any atom is -0.494 e. The van der Waals surface area contributed by atoms with Crippen LogP contribution in [0.1, 0.15) is 12.8 Å². The van der Waals surface area contributed by atoms with Gasteiger partial charge in [-0.1, -0.05) is 6.07 Å². The van der Waals surface area contributed by atoms with E-state index in [1.54, 1.807) is 11.7 Å². The Morgan fingerprint density at radius 1 is 1.39 bits per heavy atom. The van der Waals surface area contributed by atoms with Crippen LogP contribution < -0.4 is 10.2 Å². The van der Waals surface area contributed by atoms with E-state index in [2.05, 4.69) is 4.98 Å². The molecule has 0 aliphatic rings. The van der Waals surface area contributed by atoms with E-state index in [1.807, 2.05) is 30.3 Å². The Morgan fingerprint density at radius 3 is 3.11 bits per heavy atom. The smallest absolute Gasteiger partial charge is 0.243 e. The topological polar surface area (TPSA) is 71.5 Å². The van der Waals surface area contributed by atoms with Gasteiger partial charge in [0.1, 0.15) is 5.75 Å². The molecular formula is C13H14N2O3. The second-order valence-electron chi connectivity index (χ2n) is 3.84. The number of hydrogen-bond acceptors (Lipinski definition) is 4. The highest BCUT2D eigenvalue weighted by Crippen LogP contribution is 2.18. The van der Waals surface area contributed by atoms with Gasteiger partial charge in [-0.25, -0.2) is 5.48 Å². The molecule has 0 atom stereocenters. The standard InChI is InChI=1S/C13H14N2O3/c16-13(15-17)4-2-8-18-11-5-6-12-10(9-11)3-1-7-14-12/h1,3,5-7,9,17H,2,4,8H2,(H,15,16). The molecule has 5 nitrogen and oxygen atoms in total. The van der Waals surface area contributed by atoms with Crippen molar-refractivity contribution in [2.24, 2.45) is 0 Å². The minimum atomic E-state index is -0.402. The number of amides is 1. The predicted octanol–water partition coefficient (Wildman–Crippen LogP) is 1.90. The van der Waals surface area contributed by atoms with Gasteiger partial charge >= 0.3 is 0 Å². The van der Waals surface area contributed by atoms with Gasteiger partial charge in [0.25, 0.3) is 0 Å². The molecule has 1 amide bonds. The van der Waals surface area contributed by atoms with Crippen molar-refractivity contribution in [3.8, 4) is 5.75 Å². The largest absolute Gasteiger partial charge is 0.494 e. The van der Waals surface area contributed by atoms with Crippen LogP contribution in [0, 0.1) is 0 Å². The molecule has 0 unspecified atom stereocenters. The van der Waals surface area contributed by atoms with Gasteiger partial charge < -0.3 is 4.74 Å². The van der Waals surface area contributed by atoms with Crippen LogP contribution in [0.25, 0.3) is 10.9 Å². The van der Waals surface area contributed by atoms with Crippen molar-refractivity contribution < 1.29 is 14.7 Å². The fraction of sp³-hybridized carbons (Fsp3) is 0.231. The number of aromatic nitrogens is 1. The van der Waals surface area contributed by atoms with E-state index in [1.165, 1.54) is 0 Å². The van der Waals surface area contributed by atoms with Crippen molar-refractivity contribution in [3.63, 3.8) is 0 Å². The monoisotopic (exact) mass is 246 g/mol. The first-order valence-corrected chi connectivity index (χ1v) is 5.70. The zero-order chi connectivity index (χ0) is 12.8. The van der Waals surface area contributed by atoms with Gasteiger partial charge in [0, 0.05) is 18.0 Å². The number of nitrogens with one attached hydrogen (secondary N) is 1. The first-order valence-electron chi connectivity index (χ1n) is 5.70. The second kappa shape index (κ2) is 5.97. The lowest BCUT2D eigenvalue weighted by Crippen LogP contribution is -2.18. The van der Waals surface area contributed by atoms with Crippen LogP contribution in [-0.4, -0.2) is 22.7 Å². The lowest BCUT2D eigenvalue weighted by atomic mass is 10.2. The van der Waals surface area contributed by atoms with Crippen molar-refractivity contribution in [2.75, 3.05) is 6.61 Å². The molecule has 0 fully saturated rings. The van der Waals surface area contributed by atoms with Gasteiger partial charge in [0.2, 0.25) is 5.91 Å². The first kappa shape index (κ1) is 12.3. The summed E-state index contributed by atoms with van der Waals surface area (Å²) < 4.78 is 5.52. The number of carbonyl (C=O) groups is 1. The van der Waals surface area contributed by atoms with Crippen molar-refractivity contribution in [1.29, 1.82) is 0 Å². The van der Waals surface area contributed by atoms with Crippen LogP contribution in [0.5, 0.6) is 5.75 Å². The van der Waals surface area contributed by atoms with E-state index in [4.69, 9.17) is 9.94 Å². The van der Waals surface area contributed by atoms with E-state index >= 15 is 0 Å². The van der Waals surface area contributed by atoms with E-state index in [0.29, 0.717) is 13.0 Å². The zero-order valence-corrected chi connectivity index (χ0v) is 9.80. The highest BCUT2D eigenvalue weighted by atomic mass is 16.5. The molecule has 18 heavy (non-hydrogen) atoms. The molecule has 0 bridgehead atoms. The summed E-state index contributed by atoms with van der Waals surface area (Å²) in [5, 5.41) is 9.34. The molecule has 0 aliphatic carbocycles. The molecule has 0 spiro atoms. The normalized spacial score (nSPS) is 10.3. The molecule has 94 valence electrons. The summed E-state index contributed by atoms with van der Waals surface area (Å²) in [5.41, 5.74) is 2.51. The van der Waals surface area contributed by atoms with Crippen LogP contribution >= 0.6 is 0 Å². The number of hydrogen-bond donors (Lipinski definition) is 2. The average molecular weight is 246 g/mol. The molecule has 0 saturated heterocycles. The molecule has 2 rings (SSSR count). The molecule has 5 heteroatoms. The van der Waals surface area contributed by atoms with Crippen molar-refractivity contribution in [2.45, 2.75) is 12.8 Å². The summed E-state index contributed by atoms with van der Waals surface area (Å²) in [6.07, 6.45) is 2.54. The Morgan fingerprint density at radius 2 is 2.28 bits per heavy atom. The molecule has 2 aromatic rings. The van der Waals surface area contributed by atoms with Gasteiger partial charge in [-0.2, -0.15) is 0 Å². The molecule has 1 aromatic heterocycles. The number of ether oxygens (including phenoxy) is 1. The van der Waals surface area contributed by atoms with Crippen LogP contribution in [0.3, 0.4) is 0 Å². The molecule has 0 saturated carbocycles. The highest BCUT2D eigenvalue weighted by Gasteiger charge is 2.00. The number of pyridine rings is 1. The lowest BCUT2D eigenvalue weighted by molar-refractivity contribution is -0.129. The third kappa shape index (κ3) is 3.18.